The zero-order valence-electron chi connectivity index (χ0n) is 5.55. The molecule has 0 aliphatic carbocycles. The predicted octanol–water partition coefficient (Wildman–Crippen LogP) is -0.871. The zero-order chi connectivity index (χ0) is 8.27. The van der Waals surface area contributed by atoms with Gasteiger partial charge in [-0.2, -0.15) is 5.26 Å². The smallest absolute Gasteiger partial charge is 0.310 e. The number of nitrogens with one attached hydrogen (secondary N) is 2. The second kappa shape index (κ2) is 2.84. The van der Waals surface area contributed by atoms with Gasteiger partial charge < -0.3 is 4.98 Å². The van der Waals surface area contributed by atoms with Crippen LogP contribution in [-0.2, 0) is 6.42 Å². The van der Waals surface area contributed by atoms with E-state index in [9.17, 15) is 9.59 Å². The van der Waals surface area contributed by atoms with Crippen LogP contribution in [0.5, 0.6) is 0 Å². The molecule has 0 fully saturated rings. The van der Waals surface area contributed by atoms with E-state index in [1.165, 1.54) is 6.07 Å². The van der Waals surface area contributed by atoms with Crippen LogP contribution in [-0.4, -0.2) is 9.97 Å². The second-order valence-electron chi connectivity index (χ2n) is 1.95. The Balaban J connectivity index is 3.22. The van der Waals surface area contributed by atoms with E-state index in [1.54, 1.807) is 0 Å². The molecule has 56 valence electrons. The van der Waals surface area contributed by atoms with Crippen LogP contribution in [0.4, 0.5) is 0 Å². The lowest BCUT2D eigenvalue weighted by Gasteiger charge is -1.89. The van der Waals surface area contributed by atoms with E-state index in [1.807, 2.05) is 11.1 Å². The molecule has 0 spiro atoms. The van der Waals surface area contributed by atoms with Crippen molar-refractivity contribution in [2.75, 3.05) is 0 Å². The highest BCUT2D eigenvalue weighted by Crippen LogP contribution is 1.83. The Morgan fingerprint density at radius 1 is 1.45 bits per heavy atom. The van der Waals surface area contributed by atoms with E-state index in [0.717, 1.165) is 0 Å². The maximum absolute atomic E-state index is 10.6. The van der Waals surface area contributed by atoms with Gasteiger partial charge in [-0.1, -0.05) is 0 Å². The minimum Gasteiger partial charge on any atom is -0.310 e. The molecular weight excluding hydrogens is 146 g/mol. The third-order valence-corrected chi connectivity index (χ3v) is 1.09. The van der Waals surface area contributed by atoms with E-state index in [4.69, 9.17) is 5.26 Å². The topological polar surface area (TPSA) is 89.5 Å². The third-order valence-electron chi connectivity index (χ3n) is 1.09. The number of aromatic amines is 2. The minimum atomic E-state index is -0.581. The number of nitrogens with zero attached hydrogens (tertiary/aromatic N) is 1. The molecule has 0 aromatic carbocycles. The van der Waals surface area contributed by atoms with Crippen molar-refractivity contribution in [3.8, 4) is 6.07 Å². The molecule has 0 unspecified atom stereocenters. The summed E-state index contributed by atoms with van der Waals surface area (Å²) in [5.41, 5.74) is -0.733. The first kappa shape index (κ1) is 7.28. The Kier molecular flexibility index (Phi) is 1.88. The lowest BCUT2D eigenvalue weighted by Crippen LogP contribution is -2.22. The number of H-pyrrole nitrogens is 2. The average molecular weight is 151 g/mol. The molecule has 0 amide bonds. The van der Waals surface area contributed by atoms with Crippen molar-refractivity contribution in [2.24, 2.45) is 0 Å². The van der Waals surface area contributed by atoms with Gasteiger partial charge >= 0.3 is 5.69 Å². The van der Waals surface area contributed by atoms with Gasteiger partial charge in [-0.15, -0.1) is 0 Å². The van der Waals surface area contributed by atoms with E-state index >= 15 is 0 Å². The largest absolute Gasteiger partial charge is 0.325 e. The van der Waals surface area contributed by atoms with E-state index in [2.05, 4.69) is 4.98 Å². The molecule has 0 atom stereocenters. The summed E-state index contributed by atoms with van der Waals surface area (Å²) in [5.74, 6) is 0. The van der Waals surface area contributed by atoms with Gasteiger partial charge in [0.05, 0.1) is 12.5 Å². The van der Waals surface area contributed by atoms with E-state index < -0.39 is 11.2 Å². The highest BCUT2D eigenvalue weighted by Gasteiger charge is 1.93. The molecule has 0 bridgehead atoms. The van der Waals surface area contributed by atoms with Crippen LogP contribution in [0.1, 0.15) is 5.69 Å². The maximum Gasteiger partial charge on any atom is 0.325 e. The second-order valence-corrected chi connectivity index (χ2v) is 1.95. The lowest BCUT2D eigenvalue weighted by molar-refractivity contribution is 0.968. The summed E-state index contributed by atoms with van der Waals surface area (Å²) in [6.07, 6.45) is 0.0408. The van der Waals surface area contributed by atoms with Gasteiger partial charge in [0.1, 0.15) is 0 Å². The molecule has 1 heterocycles. The van der Waals surface area contributed by atoms with Crippen molar-refractivity contribution in [3.05, 3.63) is 32.6 Å². The predicted molar refractivity (Wildman–Crippen MR) is 37.0 cm³/mol. The molecule has 0 saturated heterocycles. The summed E-state index contributed by atoms with van der Waals surface area (Å²) in [7, 11) is 0. The van der Waals surface area contributed by atoms with Crippen molar-refractivity contribution in [2.45, 2.75) is 6.42 Å². The first-order chi connectivity index (χ1) is 5.22. The number of rotatable bonds is 1. The lowest BCUT2D eigenvalue weighted by atomic mass is 10.3. The molecular formula is C6H5N3O2. The van der Waals surface area contributed by atoms with E-state index in [0.29, 0.717) is 5.69 Å². The highest BCUT2D eigenvalue weighted by atomic mass is 16.2. The van der Waals surface area contributed by atoms with Crippen LogP contribution in [0.2, 0.25) is 0 Å². The fourth-order valence-electron chi connectivity index (χ4n) is 0.700. The number of nitriles is 1. The van der Waals surface area contributed by atoms with Gasteiger partial charge in [-0.3, -0.25) is 9.78 Å². The summed E-state index contributed by atoms with van der Waals surface area (Å²) < 4.78 is 0. The van der Waals surface area contributed by atoms with Crippen molar-refractivity contribution < 1.29 is 0 Å². The van der Waals surface area contributed by atoms with Crippen LogP contribution in [0.3, 0.4) is 0 Å². The standard InChI is InChI=1S/C6H5N3O2/c7-2-1-4-3-5(10)9-6(11)8-4/h3H,1H2,(H2,8,9,10,11). The van der Waals surface area contributed by atoms with Crippen LogP contribution in [0, 0.1) is 11.3 Å². The number of hydrogen-bond donors (Lipinski definition) is 2. The monoisotopic (exact) mass is 151 g/mol. The fourth-order valence-corrected chi connectivity index (χ4v) is 0.700. The van der Waals surface area contributed by atoms with Crippen LogP contribution < -0.4 is 11.2 Å². The van der Waals surface area contributed by atoms with E-state index in [-0.39, 0.29) is 6.42 Å². The molecule has 1 aromatic heterocycles. The van der Waals surface area contributed by atoms with Crippen molar-refractivity contribution in [1.82, 2.24) is 9.97 Å². The molecule has 5 nitrogen and oxygen atoms in total. The Hall–Kier alpha value is -1.83. The molecule has 1 aromatic rings. The highest BCUT2D eigenvalue weighted by molar-refractivity contribution is 5.03. The van der Waals surface area contributed by atoms with Gasteiger partial charge in [0.25, 0.3) is 5.56 Å². The molecule has 0 saturated carbocycles. The molecule has 11 heavy (non-hydrogen) atoms. The minimum absolute atomic E-state index is 0.0408. The molecule has 0 radical (unpaired) electrons. The Morgan fingerprint density at radius 2 is 2.18 bits per heavy atom. The van der Waals surface area contributed by atoms with Crippen molar-refractivity contribution in [3.63, 3.8) is 0 Å². The van der Waals surface area contributed by atoms with Crippen LogP contribution >= 0.6 is 0 Å². The summed E-state index contributed by atoms with van der Waals surface area (Å²) in [5, 5.41) is 8.22. The van der Waals surface area contributed by atoms with Crippen molar-refractivity contribution >= 4 is 0 Å². The number of aromatic nitrogens is 2. The summed E-state index contributed by atoms with van der Waals surface area (Å²) >= 11 is 0. The van der Waals surface area contributed by atoms with Gasteiger partial charge in [-0.25, -0.2) is 4.79 Å². The number of hydrogen-bond acceptors (Lipinski definition) is 3. The Morgan fingerprint density at radius 3 is 2.73 bits per heavy atom. The average Bonchev–Trinajstić information content (AvgIpc) is 1.85. The maximum atomic E-state index is 10.6. The first-order valence-corrected chi connectivity index (χ1v) is 2.92. The van der Waals surface area contributed by atoms with Gasteiger partial charge in [0.15, 0.2) is 0 Å². The normalized spacial score (nSPS) is 9.00. The molecule has 0 aliphatic rings. The van der Waals surface area contributed by atoms with Crippen molar-refractivity contribution in [1.29, 1.82) is 5.26 Å². The summed E-state index contributed by atoms with van der Waals surface area (Å²) in [6.45, 7) is 0. The SMILES string of the molecule is N#CCc1cc(=O)[nH]c(=O)[nH]1. The quantitative estimate of drug-likeness (QED) is 0.546. The molecule has 1 rings (SSSR count). The Bertz CT molecular complexity index is 367. The molecule has 5 heteroatoms. The Labute approximate surface area is 61.3 Å². The van der Waals surface area contributed by atoms with Crippen LogP contribution in [0.15, 0.2) is 15.7 Å². The van der Waals surface area contributed by atoms with Gasteiger partial charge in [0.2, 0.25) is 0 Å². The van der Waals surface area contributed by atoms with Gasteiger partial charge in [0, 0.05) is 11.8 Å². The zero-order valence-corrected chi connectivity index (χ0v) is 5.55. The fraction of sp³-hybridized carbons (Fsp3) is 0.167. The third kappa shape index (κ3) is 1.79. The van der Waals surface area contributed by atoms with Crippen LogP contribution in [0.25, 0.3) is 0 Å². The van der Waals surface area contributed by atoms with Gasteiger partial charge in [-0.05, 0) is 0 Å². The summed E-state index contributed by atoms with van der Waals surface area (Å²) in [6, 6.07) is 3.00. The molecule has 0 aliphatic heterocycles. The summed E-state index contributed by atoms with van der Waals surface area (Å²) in [4.78, 5) is 25.5. The first-order valence-electron chi connectivity index (χ1n) is 2.92. The molecule has 2 N–H and O–H groups in total.